The van der Waals surface area contributed by atoms with Crippen LogP contribution in [0.2, 0.25) is 0 Å². The molecule has 250 valence electrons. The van der Waals surface area contributed by atoms with E-state index < -0.39 is 0 Å². The quantitative estimate of drug-likeness (QED) is 0.131. The third-order valence-corrected chi connectivity index (χ3v) is 14.3. The number of ketones is 2. The lowest BCUT2D eigenvalue weighted by Gasteiger charge is -2.24. The first-order chi connectivity index (χ1) is 25.5. The average Bonchev–Trinajstić information content (AvgIpc) is 3.98. The van der Waals surface area contributed by atoms with Gasteiger partial charge >= 0.3 is 0 Å². The van der Waals surface area contributed by atoms with Crippen LogP contribution >= 0.6 is 34.0 Å². The van der Waals surface area contributed by atoms with E-state index in [0.29, 0.717) is 44.5 Å². The summed E-state index contributed by atoms with van der Waals surface area (Å²) in [6.45, 7) is 9.01. The minimum Gasteiger partial charge on any atom is -0.289 e. The first-order valence-electron chi connectivity index (χ1n) is 16.7. The molecule has 2 aromatic carbocycles. The van der Waals surface area contributed by atoms with Crippen molar-refractivity contribution in [3.63, 3.8) is 0 Å². The molecule has 3 heterocycles. The minimum atomic E-state index is -0.353. The molecule has 0 spiro atoms. The number of allylic oxidation sites excluding steroid dienone is 8. The lowest BCUT2D eigenvalue weighted by molar-refractivity contribution is 0.103. The van der Waals surface area contributed by atoms with Crippen molar-refractivity contribution in [3.8, 4) is 24.3 Å². The number of nitriles is 4. The van der Waals surface area contributed by atoms with Gasteiger partial charge < -0.3 is 0 Å². The number of carbonyl (C=O) groups excluding carboxylic acids is 2. The average molecular weight is 737 g/mol. The van der Waals surface area contributed by atoms with E-state index in [1.165, 1.54) is 32.0 Å². The van der Waals surface area contributed by atoms with Crippen LogP contribution in [0.5, 0.6) is 0 Å². The lowest BCUT2D eigenvalue weighted by atomic mass is 9.80. The number of thiophene rings is 3. The van der Waals surface area contributed by atoms with Crippen LogP contribution in [-0.4, -0.2) is 11.6 Å². The van der Waals surface area contributed by atoms with E-state index in [2.05, 4.69) is 39.8 Å². The molecule has 6 nitrogen and oxygen atoms in total. The third kappa shape index (κ3) is 4.25. The Balaban J connectivity index is 1.14. The smallest absolute Gasteiger partial charge is 0.194 e. The first kappa shape index (κ1) is 32.7. The number of rotatable bonds is 2. The highest BCUT2D eigenvalue weighted by molar-refractivity contribution is 7.29. The van der Waals surface area contributed by atoms with Gasteiger partial charge in [0.1, 0.15) is 35.4 Å². The Morgan fingerprint density at radius 3 is 1.58 bits per heavy atom. The predicted octanol–water partition coefficient (Wildman–Crippen LogP) is 10.7. The second-order valence-electron chi connectivity index (χ2n) is 14.4. The summed E-state index contributed by atoms with van der Waals surface area (Å²) in [6, 6.07) is 26.5. The van der Waals surface area contributed by atoms with Crippen LogP contribution in [0, 0.1) is 45.3 Å². The normalized spacial score (nSPS) is 18.4. The second kappa shape index (κ2) is 11.1. The lowest BCUT2D eigenvalue weighted by Crippen LogP contribution is -2.16. The number of fused-ring (bicyclic) bond motifs is 8. The SMILES string of the molecule is CC1(C)C2=C(c3sc(/C=C4\C(=O)c5ccccc5C4=C(C#N)C#N)cc31)C(C)(C)c1c2sc2cc(/C=C3/C(=O)c4ccccc4C3=C(C#N)C#N)sc12. The summed E-state index contributed by atoms with van der Waals surface area (Å²) in [5.41, 5.74) is 7.90. The van der Waals surface area contributed by atoms with E-state index in [1.807, 2.05) is 42.5 Å². The maximum Gasteiger partial charge on any atom is 0.194 e. The van der Waals surface area contributed by atoms with Crippen molar-refractivity contribution in [2.24, 2.45) is 0 Å². The highest BCUT2D eigenvalue weighted by Gasteiger charge is 2.53. The Morgan fingerprint density at radius 1 is 0.604 bits per heavy atom. The van der Waals surface area contributed by atoms with Crippen LogP contribution < -0.4 is 0 Å². The fourth-order valence-electron chi connectivity index (χ4n) is 8.51. The zero-order valence-corrected chi connectivity index (χ0v) is 31.2. The van der Waals surface area contributed by atoms with Gasteiger partial charge in [-0.05, 0) is 57.7 Å². The Kier molecular flexibility index (Phi) is 6.88. The topological polar surface area (TPSA) is 129 Å². The summed E-state index contributed by atoms with van der Waals surface area (Å²) in [5, 5.41) is 39.2. The highest BCUT2D eigenvalue weighted by atomic mass is 32.1. The van der Waals surface area contributed by atoms with E-state index in [9.17, 15) is 30.6 Å². The molecule has 4 aliphatic rings. The van der Waals surface area contributed by atoms with Gasteiger partial charge in [0.25, 0.3) is 0 Å². The number of hydrogen-bond acceptors (Lipinski definition) is 9. The van der Waals surface area contributed by atoms with Crippen molar-refractivity contribution < 1.29 is 9.59 Å². The maximum absolute atomic E-state index is 13.7. The van der Waals surface area contributed by atoms with E-state index in [1.54, 1.807) is 76.5 Å². The Labute approximate surface area is 317 Å². The summed E-state index contributed by atoms with van der Waals surface area (Å²) < 4.78 is 2.29. The molecule has 3 aromatic heterocycles. The van der Waals surface area contributed by atoms with E-state index in [4.69, 9.17) is 0 Å². The molecule has 53 heavy (non-hydrogen) atoms. The Bertz CT molecular complexity index is 2940. The molecule has 5 aromatic rings. The fourth-order valence-corrected chi connectivity index (χ4v) is 13.1. The van der Waals surface area contributed by atoms with Gasteiger partial charge in [0, 0.05) is 68.5 Å². The van der Waals surface area contributed by atoms with Crippen molar-refractivity contribution >= 4 is 89.4 Å². The molecular weight excluding hydrogens is 713 g/mol. The van der Waals surface area contributed by atoms with Crippen molar-refractivity contribution in [3.05, 3.63) is 136 Å². The number of carbonyl (C=O) groups is 2. The summed E-state index contributed by atoms with van der Waals surface area (Å²) >= 11 is 5.02. The van der Waals surface area contributed by atoms with Gasteiger partial charge in [-0.3, -0.25) is 9.59 Å². The van der Waals surface area contributed by atoms with Crippen molar-refractivity contribution in [1.29, 1.82) is 21.0 Å². The second-order valence-corrected chi connectivity index (χ2v) is 17.6. The molecular formula is C44H24N4O2S3. The zero-order valence-electron chi connectivity index (χ0n) is 28.8. The van der Waals surface area contributed by atoms with Crippen molar-refractivity contribution in [2.75, 3.05) is 0 Å². The largest absolute Gasteiger partial charge is 0.289 e. The highest BCUT2D eigenvalue weighted by Crippen LogP contribution is 2.67. The van der Waals surface area contributed by atoms with Gasteiger partial charge in [0.05, 0.1) is 4.70 Å². The van der Waals surface area contributed by atoms with Gasteiger partial charge in [-0.2, -0.15) is 21.0 Å². The van der Waals surface area contributed by atoms with Gasteiger partial charge in [0.2, 0.25) is 0 Å². The summed E-state index contributed by atoms with van der Waals surface area (Å²) in [5.74, 6) is -0.385. The van der Waals surface area contributed by atoms with Crippen molar-refractivity contribution in [2.45, 2.75) is 38.5 Å². The van der Waals surface area contributed by atoms with Crippen LogP contribution in [0.25, 0.3) is 43.8 Å². The zero-order chi connectivity index (χ0) is 37.1. The number of nitrogens with zero attached hydrogens (tertiary/aromatic N) is 4. The van der Waals surface area contributed by atoms with Gasteiger partial charge in [-0.1, -0.05) is 76.2 Å². The number of hydrogen-bond donors (Lipinski definition) is 0. The summed E-state index contributed by atoms with van der Waals surface area (Å²) in [4.78, 5) is 31.5. The molecule has 0 amide bonds. The number of Topliss-reactive ketones (excluding diaryl/α,β-unsaturated/α-hetero) is 2. The predicted molar refractivity (Wildman–Crippen MR) is 211 cm³/mol. The van der Waals surface area contributed by atoms with Gasteiger partial charge in [-0.25, -0.2) is 0 Å². The molecule has 0 atom stereocenters. The minimum absolute atomic E-state index is 0.0787. The number of benzene rings is 2. The molecule has 0 saturated carbocycles. The maximum atomic E-state index is 13.7. The first-order valence-corrected chi connectivity index (χ1v) is 19.2. The molecule has 4 aliphatic carbocycles. The standard InChI is InChI=1S/C44H24N4O2S3/c1-43(2)31-15-23(13-29-33(21(17-45)18-46)25-9-5-7-11-27(25)38(29)49)51-40(31)35-36(43)42-37(44(35,3)4)41-32(53-42)16-24(52-41)14-30-34(22(19-47)20-48)26-10-6-8-12-28(26)39(30)50/h5-16H,1-4H3/b29-13-,30-14+. The van der Waals surface area contributed by atoms with Crippen LogP contribution in [0.4, 0.5) is 0 Å². The molecule has 0 aliphatic heterocycles. The van der Waals surface area contributed by atoms with E-state index in [0.717, 1.165) is 19.2 Å². The van der Waals surface area contributed by atoms with Crippen LogP contribution in [0.3, 0.4) is 0 Å². The summed E-state index contributed by atoms with van der Waals surface area (Å²) in [6.07, 6.45) is 3.67. The molecule has 9 rings (SSSR count). The monoisotopic (exact) mass is 736 g/mol. The fraction of sp³-hybridized carbons (Fsp3) is 0.136. The Hall–Kier alpha value is -6.20. The molecule has 9 heteroatoms. The molecule has 0 unspecified atom stereocenters. The van der Waals surface area contributed by atoms with Crippen LogP contribution in [0.15, 0.2) is 83.0 Å². The van der Waals surface area contributed by atoms with Crippen LogP contribution in [0.1, 0.15) is 90.2 Å². The van der Waals surface area contributed by atoms with Crippen LogP contribution in [-0.2, 0) is 10.8 Å². The molecule has 0 bridgehead atoms. The Morgan fingerprint density at radius 2 is 1.08 bits per heavy atom. The van der Waals surface area contributed by atoms with E-state index in [-0.39, 0.29) is 33.5 Å². The molecule has 0 N–H and O–H groups in total. The van der Waals surface area contributed by atoms with E-state index >= 15 is 0 Å². The van der Waals surface area contributed by atoms with Gasteiger partial charge in [0.15, 0.2) is 11.6 Å². The molecule has 0 fully saturated rings. The molecule has 0 saturated heterocycles. The summed E-state index contributed by atoms with van der Waals surface area (Å²) in [7, 11) is 0. The van der Waals surface area contributed by atoms with Gasteiger partial charge in [-0.15, -0.1) is 34.0 Å². The van der Waals surface area contributed by atoms with Crippen molar-refractivity contribution in [1.82, 2.24) is 0 Å². The third-order valence-electron chi connectivity index (χ3n) is 10.8. The molecule has 0 radical (unpaired) electrons.